The SMILES string of the molecule is Cc1ccc(NC(=O)Cn2c(=O)n(C)c(=O)c3c2c(-c2ccccc2)cn3C)c(Cl)c1. The summed E-state index contributed by atoms with van der Waals surface area (Å²) in [5.41, 5.74) is 2.77. The maximum atomic E-state index is 13.0. The van der Waals surface area contributed by atoms with E-state index in [1.54, 1.807) is 29.9 Å². The molecule has 0 fully saturated rings. The Morgan fingerprint density at radius 1 is 1.03 bits per heavy atom. The van der Waals surface area contributed by atoms with Crippen LogP contribution in [0.3, 0.4) is 0 Å². The number of rotatable bonds is 4. The Hall–Kier alpha value is -3.58. The molecule has 0 unspecified atom stereocenters. The molecule has 0 spiro atoms. The third-order valence-corrected chi connectivity index (χ3v) is 5.55. The number of fused-ring (bicyclic) bond motifs is 1. The Balaban J connectivity index is 1.86. The van der Waals surface area contributed by atoms with Crippen LogP contribution in [0.25, 0.3) is 22.2 Å². The normalized spacial score (nSPS) is 11.1. The van der Waals surface area contributed by atoms with Gasteiger partial charge in [0, 0.05) is 25.9 Å². The van der Waals surface area contributed by atoms with E-state index in [1.807, 2.05) is 43.3 Å². The average Bonchev–Trinajstić information content (AvgIpc) is 3.09. The van der Waals surface area contributed by atoms with Crippen LogP contribution in [0.15, 0.2) is 64.3 Å². The van der Waals surface area contributed by atoms with Gasteiger partial charge in [0.25, 0.3) is 5.56 Å². The van der Waals surface area contributed by atoms with Crippen LogP contribution in [-0.2, 0) is 25.4 Å². The molecular formula is C23H21ClN4O3. The number of aryl methyl sites for hydroxylation is 2. The topological polar surface area (TPSA) is 78.0 Å². The Morgan fingerprint density at radius 2 is 1.74 bits per heavy atom. The zero-order valence-electron chi connectivity index (χ0n) is 17.3. The number of carbonyl (C=O) groups excluding carboxylic acids is 1. The van der Waals surface area contributed by atoms with Gasteiger partial charge in [0.05, 0.1) is 16.2 Å². The van der Waals surface area contributed by atoms with Crippen LogP contribution in [0, 0.1) is 6.92 Å². The molecule has 0 aliphatic carbocycles. The number of amides is 1. The van der Waals surface area contributed by atoms with Gasteiger partial charge in [-0.05, 0) is 30.2 Å². The van der Waals surface area contributed by atoms with Gasteiger partial charge in [0.1, 0.15) is 12.1 Å². The lowest BCUT2D eigenvalue weighted by atomic mass is 10.1. The second-order valence-electron chi connectivity index (χ2n) is 7.48. The number of nitrogens with zero attached hydrogens (tertiary/aromatic N) is 3. The fourth-order valence-electron chi connectivity index (χ4n) is 3.69. The average molecular weight is 437 g/mol. The van der Waals surface area contributed by atoms with Crippen LogP contribution >= 0.6 is 11.6 Å². The number of carbonyl (C=O) groups is 1. The summed E-state index contributed by atoms with van der Waals surface area (Å²) < 4.78 is 4.03. The predicted octanol–water partition coefficient (Wildman–Crippen LogP) is 3.31. The van der Waals surface area contributed by atoms with E-state index in [-0.39, 0.29) is 6.54 Å². The highest BCUT2D eigenvalue weighted by atomic mass is 35.5. The predicted molar refractivity (Wildman–Crippen MR) is 123 cm³/mol. The van der Waals surface area contributed by atoms with E-state index in [0.717, 1.165) is 15.7 Å². The highest BCUT2D eigenvalue weighted by Gasteiger charge is 2.21. The van der Waals surface area contributed by atoms with Gasteiger partial charge >= 0.3 is 5.69 Å². The lowest BCUT2D eigenvalue weighted by molar-refractivity contribution is -0.116. The van der Waals surface area contributed by atoms with E-state index in [0.29, 0.717) is 27.3 Å². The molecule has 2 heterocycles. The molecule has 2 aromatic heterocycles. The number of hydrogen-bond acceptors (Lipinski definition) is 3. The van der Waals surface area contributed by atoms with Crippen molar-refractivity contribution in [3.63, 3.8) is 0 Å². The van der Waals surface area contributed by atoms with Crippen molar-refractivity contribution in [2.75, 3.05) is 5.32 Å². The van der Waals surface area contributed by atoms with Crippen LogP contribution in [0.1, 0.15) is 5.56 Å². The van der Waals surface area contributed by atoms with Crippen molar-refractivity contribution >= 4 is 34.2 Å². The number of halogens is 1. The minimum absolute atomic E-state index is 0.266. The van der Waals surface area contributed by atoms with Gasteiger partial charge in [-0.3, -0.25) is 18.7 Å². The monoisotopic (exact) mass is 436 g/mol. The lowest BCUT2D eigenvalue weighted by Gasteiger charge is -2.13. The van der Waals surface area contributed by atoms with Gasteiger partial charge in [-0.2, -0.15) is 0 Å². The molecule has 8 heteroatoms. The molecule has 0 radical (unpaired) electrons. The fourth-order valence-corrected chi connectivity index (χ4v) is 3.97. The van der Waals surface area contributed by atoms with Crippen molar-refractivity contribution < 1.29 is 4.79 Å². The zero-order chi connectivity index (χ0) is 22.3. The first-order valence-corrected chi connectivity index (χ1v) is 10.1. The Kier molecular flexibility index (Phi) is 5.29. The third kappa shape index (κ3) is 3.68. The summed E-state index contributed by atoms with van der Waals surface area (Å²) in [5, 5.41) is 3.17. The highest BCUT2D eigenvalue weighted by molar-refractivity contribution is 6.33. The van der Waals surface area contributed by atoms with Crippen molar-refractivity contribution in [1.82, 2.24) is 13.7 Å². The van der Waals surface area contributed by atoms with Gasteiger partial charge in [-0.1, -0.05) is 48.0 Å². The highest BCUT2D eigenvalue weighted by Crippen LogP contribution is 2.28. The molecule has 2 aromatic carbocycles. The van der Waals surface area contributed by atoms with Crippen molar-refractivity contribution in [3.05, 3.63) is 86.2 Å². The van der Waals surface area contributed by atoms with Gasteiger partial charge < -0.3 is 9.88 Å². The molecule has 7 nitrogen and oxygen atoms in total. The van der Waals surface area contributed by atoms with Gasteiger partial charge in [-0.15, -0.1) is 0 Å². The Morgan fingerprint density at radius 3 is 2.42 bits per heavy atom. The smallest absolute Gasteiger partial charge is 0.331 e. The van der Waals surface area contributed by atoms with E-state index in [2.05, 4.69) is 5.32 Å². The molecular weight excluding hydrogens is 416 g/mol. The third-order valence-electron chi connectivity index (χ3n) is 5.24. The number of anilines is 1. The zero-order valence-corrected chi connectivity index (χ0v) is 18.1. The van der Waals surface area contributed by atoms with Crippen molar-refractivity contribution in [3.8, 4) is 11.1 Å². The second kappa shape index (κ2) is 7.92. The Labute approximate surface area is 183 Å². The molecule has 0 saturated carbocycles. The second-order valence-corrected chi connectivity index (χ2v) is 7.89. The molecule has 4 aromatic rings. The Bertz CT molecular complexity index is 1430. The van der Waals surface area contributed by atoms with Crippen LogP contribution in [0.5, 0.6) is 0 Å². The van der Waals surface area contributed by atoms with E-state index in [4.69, 9.17) is 11.6 Å². The summed E-state index contributed by atoms with van der Waals surface area (Å²) in [5.74, 6) is -0.421. The van der Waals surface area contributed by atoms with E-state index in [1.165, 1.54) is 11.6 Å². The van der Waals surface area contributed by atoms with Gasteiger partial charge in [0.15, 0.2) is 0 Å². The van der Waals surface area contributed by atoms with E-state index in [9.17, 15) is 14.4 Å². The molecule has 0 aliphatic rings. The quantitative estimate of drug-likeness (QED) is 0.533. The first-order valence-electron chi connectivity index (χ1n) is 9.68. The lowest BCUT2D eigenvalue weighted by Crippen LogP contribution is -2.40. The molecule has 4 rings (SSSR count). The number of nitrogens with one attached hydrogen (secondary N) is 1. The number of hydrogen-bond donors (Lipinski definition) is 1. The van der Waals surface area contributed by atoms with Gasteiger partial charge in [0.2, 0.25) is 5.91 Å². The molecule has 0 saturated heterocycles. The first-order chi connectivity index (χ1) is 14.8. The fraction of sp³-hybridized carbons (Fsp3) is 0.174. The van der Waals surface area contributed by atoms with Crippen molar-refractivity contribution in [2.24, 2.45) is 14.1 Å². The van der Waals surface area contributed by atoms with Crippen LogP contribution < -0.4 is 16.6 Å². The summed E-state index contributed by atoms with van der Waals surface area (Å²) in [7, 11) is 3.15. The summed E-state index contributed by atoms with van der Waals surface area (Å²) in [6, 6.07) is 14.7. The van der Waals surface area contributed by atoms with Crippen LogP contribution in [0.2, 0.25) is 5.02 Å². The molecule has 1 amide bonds. The molecule has 0 bridgehead atoms. The van der Waals surface area contributed by atoms with Crippen LogP contribution in [-0.4, -0.2) is 19.6 Å². The minimum atomic E-state index is -0.564. The summed E-state index contributed by atoms with van der Waals surface area (Å²) in [6.07, 6.45) is 1.80. The standard InChI is InChI=1S/C23H21ClN4O3/c1-14-9-10-18(17(24)11-14)25-19(29)13-28-20-16(15-7-5-4-6-8-15)12-26(2)21(20)22(30)27(3)23(28)31/h4-12H,13H2,1-3H3,(H,25,29). The molecule has 0 atom stereocenters. The number of aromatic nitrogens is 3. The van der Waals surface area contributed by atoms with Crippen LogP contribution in [0.4, 0.5) is 5.69 Å². The maximum Gasteiger partial charge on any atom is 0.331 e. The summed E-state index contributed by atoms with van der Waals surface area (Å²) >= 11 is 6.23. The first kappa shape index (κ1) is 20.7. The number of benzene rings is 2. The van der Waals surface area contributed by atoms with E-state index >= 15 is 0 Å². The molecule has 31 heavy (non-hydrogen) atoms. The van der Waals surface area contributed by atoms with E-state index < -0.39 is 17.2 Å². The summed E-state index contributed by atoms with van der Waals surface area (Å²) in [4.78, 5) is 38.7. The van der Waals surface area contributed by atoms with Crippen molar-refractivity contribution in [1.29, 1.82) is 0 Å². The summed E-state index contributed by atoms with van der Waals surface area (Å²) in [6.45, 7) is 1.64. The molecule has 158 valence electrons. The van der Waals surface area contributed by atoms with Crippen molar-refractivity contribution in [2.45, 2.75) is 13.5 Å². The molecule has 1 N–H and O–H groups in total. The molecule has 0 aliphatic heterocycles. The van der Waals surface area contributed by atoms with Gasteiger partial charge in [-0.25, -0.2) is 4.79 Å². The largest absolute Gasteiger partial charge is 0.344 e. The minimum Gasteiger partial charge on any atom is -0.344 e. The maximum absolute atomic E-state index is 13.0.